The average molecular weight is 208 g/mol. The monoisotopic (exact) mass is 208 g/mol. The van der Waals surface area contributed by atoms with Gasteiger partial charge in [0.2, 0.25) is 0 Å². The van der Waals surface area contributed by atoms with Crippen molar-refractivity contribution in [2.75, 3.05) is 13.1 Å². The van der Waals surface area contributed by atoms with Crippen molar-refractivity contribution in [1.82, 2.24) is 9.80 Å². The van der Waals surface area contributed by atoms with Crippen molar-refractivity contribution in [1.29, 1.82) is 0 Å². The molecule has 2 saturated heterocycles. The first-order valence-electron chi connectivity index (χ1n) is 5.86. The summed E-state index contributed by atoms with van der Waals surface area (Å²) in [5, 5.41) is 0. The van der Waals surface area contributed by atoms with Gasteiger partial charge in [0.15, 0.2) is 0 Å². The van der Waals surface area contributed by atoms with E-state index in [4.69, 9.17) is 0 Å². The lowest BCUT2D eigenvalue weighted by Crippen LogP contribution is -2.34. The van der Waals surface area contributed by atoms with Gasteiger partial charge in [-0.05, 0) is 31.6 Å². The second kappa shape index (κ2) is 2.97. The third-order valence-electron chi connectivity index (χ3n) is 4.20. The minimum Gasteiger partial charge on any atom is -0.312 e. The van der Waals surface area contributed by atoms with Crippen molar-refractivity contribution in [2.24, 2.45) is 11.8 Å². The molecule has 0 N–H and O–H groups in total. The van der Waals surface area contributed by atoms with Crippen molar-refractivity contribution in [3.63, 3.8) is 0 Å². The van der Waals surface area contributed by atoms with E-state index in [0.717, 1.165) is 13.0 Å². The summed E-state index contributed by atoms with van der Waals surface area (Å²) in [6.07, 6.45) is 3.56. The highest BCUT2D eigenvalue weighted by atomic mass is 16.2. The molecule has 2 aliphatic heterocycles. The molecule has 3 rings (SSSR count). The predicted molar refractivity (Wildman–Crippen MR) is 54.1 cm³/mol. The predicted octanol–water partition coefficient (Wildman–Crippen LogP) is 1.07. The van der Waals surface area contributed by atoms with Crippen LogP contribution in [0.5, 0.6) is 0 Å². The van der Waals surface area contributed by atoms with Crippen LogP contribution in [0.25, 0.3) is 0 Å². The summed E-state index contributed by atoms with van der Waals surface area (Å²) in [6.45, 7) is 3.20. The van der Waals surface area contributed by atoms with Crippen LogP contribution in [-0.2, 0) is 4.79 Å². The van der Waals surface area contributed by atoms with E-state index in [1.165, 1.54) is 17.7 Å². The Bertz CT molecular complexity index is 329. The number of urea groups is 1. The van der Waals surface area contributed by atoms with Gasteiger partial charge in [-0.25, -0.2) is 4.79 Å². The fraction of sp³-hybridized carbons (Fsp3) is 0.818. The second-order valence-corrected chi connectivity index (χ2v) is 4.82. The summed E-state index contributed by atoms with van der Waals surface area (Å²) in [4.78, 5) is 27.1. The second-order valence-electron chi connectivity index (χ2n) is 4.82. The van der Waals surface area contributed by atoms with Crippen molar-refractivity contribution in [2.45, 2.75) is 32.2 Å². The van der Waals surface area contributed by atoms with E-state index in [1.54, 1.807) is 4.90 Å². The maximum atomic E-state index is 12.0. The molecule has 0 aromatic carbocycles. The number of fused-ring (bicyclic) bond motifs is 3. The fourth-order valence-corrected chi connectivity index (χ4v) is 3.52. The molecule has 4 heteroatoms. The van der Waals surface area contributed by atoms with Gasteiger partial charge in [0.05, 0.1) is 0 Å². The number of hydrogen-bond acceptors (Lipinski definition) is 2. The smallest absolute Gasteiger partial charge is 0.312 e. The van der Waals surface area contributed by atoms with Crippen molar-refractivity contribution in [3.05, 3.63) is 0 Å². The van der Waals surface area contributed by atoms with Gasteiger partial charge in [-0.2, -0.15) is 0 Å². The maximum Gasteiger partial charge on any atom is 0.327 e. The lowest BCUT2D eigenvalue weighted by molar-refractivity contribution is -0.128. The van der Waals surface area contributed by atoms with Crippen LogP contribution in [-0.4, -0.2) is 40.9 Å². The highest BCUT2D eigenvalue weighted by Gasteiger charge is 2.56. The minimum absolute atomic E-state index is 0.0527. The first-order valence-corrected chi connectivity index (χ1v) is 5.86. The number of likely N-dealkylation sites (N-methyl/N-ethyl adjacent to an activating group) is 1. The molecule has 0 aromatic rings. The van der Waals surface area contributed by atoms with E-state index in [1.807, 2.05) is 6.92 Å². The Balaban J connectivity index is 1.92. The molecule has 3 fully saturated rings. The van der Waals surface area contributed by atoms with Gasteiger partial charge in [-0.3, -0.25) is 9.69 Å². The molecule has 4 nitrogen and oxygen atoms in total. The molecule has 1 saturated carbocycles. The molecule has 3 atom stereocenters. The van der Waals surface area contributed by atoms with Crippen molar-refractivity contribution >= 4 is 11.9 Å². The Morgan fingerprint density at radius 2 is 2.13 bits per heavy atom. The van der Waals surface area contributed by atoms with Gasteiger partial charge in [0.1, 0.15) is 6.04 Å². The molecule has 82 valence electrons. The van der Waals surface area contributed by atoms with Crippen LogP contribution in [0.1, 0.15) is 26.2 Å². The largest absolute Gasteiger partial charge is 0.327 e. The summed E-state index contributed by atoms with van der Waals surface area (Å²) >= 11 is 0. The number of carbonyl (C=O) groups excluding carboxylic acids is 2. The molecule has 0 spiro atoms. The van der Waals surface area contributed by atoms with E-state index in [-0.39, 0.29) is 18.0 Å². The number of nitrogens with zero attached hydrogens (tertiary/aromatic N) is 2. The lowest BCUT2D eigenvalue weighted by Gasteiger charge is -2.15. The van der Waals surface area contributed by atoms with E-state index in [0.29, 0.717) is 18.4 Å². The van der Waals surface area contributed by atoms with Crippen LogP contribution in [0.15, 0.2) is 0 Å². The number of amides is 3. The van der Waals surface area contributed by atoms with Crippen LogP contribution in [0.4, 0.5) is 4.79 Å². The van der Waals surface area contributed by atoms with Crippen LogP contribution in [0, 0.1) is 11.8 Å². The first kappa shape index (κ1) is 9.19. The van der Waals surface area contributed by atoms with Gasteiger partial charge < -0.3 is 4.90 Å². The Labute approximate surface area is 89.2 Å². The standard InChI is InChI=1S/C11H16N2O2/c1-2-12-10(14)9-8-5-3-4-7(8)6-13(9)11(12)15/h7-9H,2-6H2,1H3. The van der Waals surface area contributed by atoms with E-state index in [2.05, 4.69) is 0 Å². The molecular formula is C11H16N2O2. The topological polar surface area (TPSA) is 40.6 Å². The van der Waals surface area contributed by atoms with Gasteiger partial charge >= 0.3 is 6.03 Å². The molecule has 3 unspecified atom stereocenters. The van der Waals surface area contributed by atoms with Gasteiger partial charge in [0.25, 0.3) is 5.91 Å². The summed E-state index contributed by atoms with van der Waals surface area (Å²) in [5.41, 5.74) is 0. The van der Waals surface area contributed by atoms with Gasteiger partial charge in [0, 0.05) is 13.1 Å². The number of carbonyl (C=O) groups is 2. The van der Waals surface area contributed by atoms with Gasteiger partial charge in [-0.15, -0.1) is 0 Å². The zero-order valence-electron chi connectivity index (χ0n) is 8.98. The third-order valence-corrected chi connectivity index (χ3v) is 4.20. The molecule has 1 aliphatic carbocycles. The number of imide groups is 1. The molecule has 2 heterocycles. The summed E-state index contributed by atoms with van der Waals surface area (Å²) < 4.78 is 0. The fourth-order valence-electron chi connectivity index (χ4n) is 3.52. The van der Waals surface area contributed by atoms with Crippen LogP contribution >= 0.6 is 0 Å². The van der Waals surface area contributed by atoms with Crippen LogP contribution in [0.2, 0.25) is 0 Å². The molecule has 3 aliphatic rings. The zero-order chi connectivity index (χ0) is 10.6. The summed E-state index contributed by atoms with van der Waals surface area (Å²) in [6, 6.07) is -0.160. The minimum atomic E-state index is -0.107. The van der Waals surface area contributed by atoms with Crippen molar-refractivity contribution in [3.8, 4) is 0 Å². The number of rotatable bonds is 1. The van der Waals surface area contributed by atoms with Crippen LogP contribution < -0.4 is 0 Å². The average Bonchev–Trinajstić information content (AvgIpc) is 2.80. The van der Waals surface area contributed by atoms with Gasteiger partial charge in [-0.1, -0.05) is 6.42 Å². The highest BCUT2D eigenvalue weighted by Crippen LogP contribution is 2.45. The molecule has 3 amide bonds. The molecule has 0 aromatic heterocycles. The Morgan fingerprint density at radius 1 is 1.33 bits per heavy atom. The molecule has 0 bridgehead atoms. The van der Waals surface area contributed by atoms with Crippen LogP contribution in [0.3, 0.4) is 0 Å². The Hall–Kier alpha value is -1.06. The van der Waals surface area contributed by atoms with E-state index >= 15 is 0 Å². The normalized spacial score (nSPS) is 38.9. The first-order chi connectivity index (χ1) is 7.24. The number of hydrogen-bond donors (Lipinski definition) is 0. The summed E-state index contributed by atoms with van der Waals surface area (Å²) in [7, 11) is 0. The van der Waals surface area contributed by atoms with Crippen molar-refractivity contribution < 1.29 is 9.59 Å². The SMILES string of the molecule is CCN1C(=O)C2C3CCCC3CN2C1=O. The van der Waals surface area contributed by atoms with E-state index in [9.17, 15) is 9.59 Å². The molecular weight excluding hydrogens is 192 g/mol. The Kier molecular flexibility index (Phi) is 1.82. The van der Waals surface area contributed by atoms with E-state index < -0.39 is 0 Å². The third kappa shape index (κ3) is 1.02. The molecule has 15 heavy (non-hydrogen) atoms. The lowest BCUT2D eigenvalue weighted by atomic mass is 9.94. The summed E-state index contributed by atoms with van der Waals surface area (Å²) in [5.74, 6) is 1.11. The highest BCUT2D eigenvalue weighted by molar-refractivity contribution is 6.04. The quantitative estimate of drug-likeness (QED) is 0.605. The maximum absolute atomic E-state index is 12.0. The zero-order valence-corrected chi connectivity index (χ0v) is 8.98. The molecule has 0 radical (unpaired) electrons. The Morgan fingerprint density at radius 3 is 2.87 bits per heavy atom.